The molecule has 0 radical (unpaired) electrons. The van der Waals surface area contributed by atoms with Crippen LogP contribution in [0.4, 0.5) is 0 Å². The standard InChI is InChI=1S/C17H22N2O3/c1-5-8-22-17(21)12-6-7-15-13(9-12)16(20)14(10-19(3)4)11(2)18-15/h6-7,9H,5,8,10H2,1-4H3,(H,18,20)/p+1. The number of carbonyl (C=O) groups excluding carboxylic acids is 1. The van der Waals surface area contributed by atoms with E-state index >= 15 is 0 Å². The van der Waals surface area contributed by atoms with Crippen molar-refractivity contribution in [1.29, 1.82) is 0 Å². The van der Waals surface area contributed by atoms with Crippen LogP contribution < -0.4 is 10.3 Å². The SMILES string of the molecule is CCCOC(=O)c1ccc2[nH]c(C)c(C[NH+](C)C)c(=O)c2c1. The fourth-order valence-corrected chi connectivity index (χ4v) is 2.42. The van der Waals surface area contributed by atoms with Crippen molar-refractivity contribution in [3.05, 3.63) is 45.2 Å². The summed E-state index contributed by atoms with van der Waals surface area (Å²) in [4.78, 5) is 29.1. The summed E-state index contributed by atoms with van der Waals surface area (Å²) in [5.74, 6) is -0.386. The van der Waals surface area contributed by atoms with E-state index in [9.17, 15) is 9.59 Å². The molecule has 0 saturated carbocycles. The normalized spacial score (nSPS) is 11.1. The molecule has 0 atom stereocenters. The summed E-state index contributed by atoms with van der Waals surface area (Å²) in [7, 11) is 4.00. The first-order valence-corrected chi connectivity index (χ1v) is 7.55. The van der Waals surface area contributed by atoms with Crippen molar-refractivity contribution in [1.82, 2.24) is 4.98 Å². The van der Waals surface area contributed by atoms with E-state index in [0.717, 1.165) is 23.2 Å². The lowest BCUT2D eigenvalue weighted by atomic mass is 10.1. The average Bonchev–Trinajstić information content (AvgIpc) is 2.48. The molecule has 0 aliphatic carbocycles. The zero-order chi connectivity index (χ0) is 16.3. The molecule has 5 nitrogen and oxygen atoms in total. The van der Waals surface area contributed by atoms with E-state index in [-0.39, 0.29) is 11.4 Å². The lowest BCUT2D eigenvalue weighted by Crippen LogP contribution is -3.04. The maximum atomic E-state index is 12.7. The predicted octanol–water partition coefficient (Wildman–Crippen LogP) is 1.05. The Morgan fingerprint density at radius 3 is 2.68 bits per heavy atom. The average molecular weight is 303 g/mol. The van der Waals surface area contributed by atoms with Crippen molar-refractivity contribution in [3.63, 3.8) is 0 Å². The molecule has 2 rings (SSSR count). The zero-order valence-corrected chi connectivity index (χ0v) is 13.6. The van der Waals surface area contributed by atoms with Crippen LogP contribution in [0.1, 0.15) is 35.0 Å². The molecule has 1 heterocycles. The highest BCUT2D eigenvalue weighted by Gasteiger charge is 2.14. The topological polar surface area (TPSA) is 63.6 Å². The molecular weight excluding hydrogens is 280 g/mol. The molecule has 0 fully saturated rings. The molecule has 0 bridgehead atoms. The number of carbonyl (C=O) groups is 1. The number of aryl methyl sites for hydroxylation is 1. The van der Waals surface area contributed by atoms with Gasteiger partial charge in [-0.05, 0) is 31.5 Å². The molecule has 0 spiro atoms. The van der Waals surface area contributed by atoms with Crippen LogP contribution >= 0.6 is 0 Å². The van der Waals surface area contributed by atoms with E-state index in [0.29, 0.717) is 24.1 Å². The van der Waals surface area contributed by atoms with Crippen molar-refractivity contribution in [2.24, 2.45) is 0 Å². The van der Waals surface area contributed by atoms with Gasteiger partial charge in [-0.2, -0.15) is 0 Å². The van der Waals surface area contributed by atoms with Gasteiger partial charge in [-0.15, -0.1) is 0 Å². The third-order valence-electron chi connectivity index (χ3n) is 3.52. The number of ether oxygens (including phenoxy) is 1. The Kier molecular flexibility index (Phi) is 4.98. The monoisotopic (exact) mass is 303 g/mol. The number of rotatable bonds is 5. The van der Waals surface area contributed by atoms with E-state index in [1.54, 1.807) is 18.2 Å². The number of H-pyrrole nitrogens is 1. The van der Waals surface area contributed by atoms with Crippen molar-refractivity contribution in [2.45, 2.75) is 26.8 Å². The molecule has 22 heavy (non-hydrogen) atoms. The molecule has 1 aromatic heterocycles. The summed E-state index contributed by atoms with van der Waals surface area (Å²) in [6, 6.07) is 5.07. The minimum atomic E-state index is -0.386. The Hall–Kier alpha value is -2.14. The highest BCUT2D eigenvalue weighted by atomic mass is 16.5. The molecule has 0 unspecified atom stereocenters. The van der Waals surface area contributed by atoms with Crippen LogP contribution in [0, 0.1) is 6.92 Å². The van der Waals surface area contributed by atoms with Crippen molar-refractivity contribution in [2.75, 3.05) is 20.7 Å². The van der Waals surface area contributed by atoms with Gasteiger partial charge >= 0.3 is 5.97 Å². The second-order valence-corrected chi connectivity index (χ2v) is 5.84. The number of aromatic nitrogens is 1. The first kappa shape index (κ1) is 16.2. The maximum absolute atomic E-state index is 12.7. The van der Waals surface area contributed by atoms with Crippen LogP contribution in [-0.4, -0.2) is 31.7 Å². The number of benzene rings is 1. The largest absolute Gasteiger partial charge is 0.462 e. The van der Waals surface area contributed by atoms with Crippen LogP contribution in [0.5, 0.6) is 0 Å². The van der Waals surface area contributed by atoms with Crippen LogP contribution in [0.25, 0.3) is 10.9 Å². The minimum absolute atomic E-state index is 0.0161. The molecule has 118 valence electrons. The number of esters is 1. The maximum Gasteiger partial charge on any atom is 0.338 e. The smallest absolute Gasteiger partial charge is 0.338 e. The van der Waals surface area contributed by atoms with Gasteiger partial charge in [-0.25, -0.2) is 4.79 Å². The first-order chi connectivity index (χ1) is 10.4. The highest BCUT2D eigenvalue weighted by Crippen LogP contribution is 2.14. The Labute approximate surface area is 129 Å². The second-order valence-electron chi connectivity index (χ2n) is 5.84. The van der Waals surface area contributed by atoms with Crippen LogP contribution in [0.15, 0.2) is 23.0 Å². The molecule has 0 aliphatic rings. The van der Waals surface area contributed by atoms with Crippen molar-refractivity contribution in [3.8, 4) is 0 Å². The third kappa shape index (κ3) is 3.36. The summed E-state index contributed by atoms with van der Waals surface area (Å²) in [6.07, 6.45) is 0.773. The lowest BCUT2D eigenvalue weighted by molar-refractivity contribution is -0.872. The minimum Gasteiger partial charge on any atom is -0.462 e. The van der Waals surface area contributed by atoms with Gasteiger partial charge in [0.05, 0.1) is 31.8 Å². The van der Waals surface area contributed by atoms with Gasteiger partial charge < -0.3 is 14.6 Å². The Balaban J connectivity index is 2.51. The van der Waals surface area contributed by atoms with Gasteiger partial charge in [-0.3, -0.25) is 4.79 Å². The van der Waals surface area contributed by atoms with E-state index in [2.05, 4.69) is 4.98 Å². The lowest BCUT2D eigenvalue weighted by Gasteiger charge is -2.11. The van der Waals surface area contributed by atoms with Crippen molar-refractivity contribution >= 4 is 16.9 Å². The quantitative estimate of drug-likeness (QED) is 0.812. The molecule has 1 aromatic carbocycles. The summed E-state index contributed by atoms with van der Waals surface area (Å²) in [5.41, 5.74) is 2.77. The van der Waals surface area contributed by atoms with E-state index in [1.807, 2.05) is 27.9 Å². The van der Waals surface area contributed by atoms with Gasteiger partial charge in [0, 0.05) is 16.6 Å². The molecular formula is C17H23N2O3+. The zero-order valence-electron chi connectivity index (χ0n) is 13.6. The Morgan fingerprint density at radius 1 is 1.32 bits per heavy atom. The molecule has 2 N–H and O–H groups in total. The van der Waals surface area contributed by atoms with E-state index in [4.69, 9.17) is 4.74 Å². The fraction of sp³-hybridized carbons (Fsp3) is 0.412. The number of nitrogens with one attached hydrogen (secondary N) is 2. The van der Waals surface area contributed by atoms with Gasteiger partial charge in [0.25, 0.3) is 0 Å². The highest BCUT2D eigenvalue weighted by molar-refractivity contribution is 5.94. The Bertz CT molecular complexity index is 747. The number of hydrogen-bond donors (Lipinski definition) is 2. The van der Waals surface area contributed by atoms with Gasteiger partial charge in [0.1, 0.15) is 6.54 Å². The van der Waals surface area contributed by atoms with Crippen molar-refractivity contribution < 1.29 is 14.4 Å². The molecule has 5 heteroatoms. The number of quaternary nitrogens is 1. The van der Waals surface area contributed by atoms with E-state index in [1.165, 1.54) is 4.90 Å². The molecule has 0 amide bonds. The van der Waals surface area contributed by atoms with Crippen LogP contribution in [0.3, 0.4) is 0 Å². The summed E-state index contributed by atoms with van der Waals surface area (Å²) >= 11 is 0. The summed E-state index contributed by atoms with van der Waals surface area (Å²) in [6.45, 7) is 4.87. The number of fused-ring (bicyclic) bond motifs is 1. The summed E-state index contributed by atoms with van der Waals surface area (Å²) in [5, 5.41) is 0.535. The number of aromatic amines is 1. The fourth-order valence-electron chi connectivity index (χ4n) is 2.42. The van der Waals surface area contributed by atoms with E-state index < -0.39 is 0 Å². The number of pyridine rings is 1. The third-order valence-corrected chi connectivity index (χ3v) is 3.52. The number of hydrogen-bond acceptors (Lipinski definition) is 3. The van der Waals surface area contributed by atoms with Gasteiger partial charge in [-0.1, -0.05) is 6.92 Å². The summed E-state index contributed by atoms with van der Waals surface area (Å²) < 4.78 is 5.13. The van der Waals surface area contributed by atoms with Crippen LogP contribution in [0.2, 0.25) is 0 Å². The molecule has 0 aliphatic heterocycles. The van der Waals surface area contributed by atoms with Crippen LogP contribution in [-0.2, 0) is 11.3 Å². The van der Waals surface area contributed by atoms with Gasteiger partial charge in [0.15, 0.2) is 5.43 Å². The Morgan fingerprint density at radius 2 is 2.05 bits per heavy atom. The van der Waals surface area contributed by atoms with Gasteiger partial charge in [0.2, 0.25) is 0 Å². The first-order valence-electron chi connectivity index (χ1n) is 7.55. The molecule has 2 aromatic rings. The predicted molar refractivity (Wildman–Crippen MR) is 86.4 cm³/mol. The molecule has 0 saturated heterocycles. The second kappa shape index (κ2) is 6.75.